The zero-order chi connectivity index (χ0) is 18.4. The molecule has 4 aromatic rings. The van der Waals surface area contributed by atoms with Gasteiger partial charge in [0.2, 0.25) is 0 Å². The SMILES string of the molecule is Cc1ccc(-c2nnn3c2nc(N2CCC[C@H](C)C2)c2ccccc23)cc1. The first kappa shape index (κ1) is 16.2. The number of para-hydroxylation sites is 1. The predicted molar refractivity (Wildman–Crippen MR) is 109 cm³/mol. The van der Waals surface area contributed by atoms with E-state index in [1.807, 2.05) is 4.52 Å². The highest BCUT2D eigenvalue weighted by atomic mass is 15.4. The second-order valence-corrected chi connectivity index (χ2v) is 7.69. The van der Waals surface area contributed by atoms with Crippen molar-refractivity contribution in [1.29, 1.82) is 0 Å². The number of fused-ring (bicyclic) bond motifs is 3. The molecule has 0 unspecified atom stereocenters. The number of rotatable bonds is 2. The molecular weight excluding hydrogens is 334 g/mol. The van der Waals surface area contributed by atoms with Crippen molar-refractivity contribution in [2.75, 3.05) is 18.0 Å². The van der Waals surface area contributed by atoms with E-state index in [2.05, 4.69) is 77.6 Å². The molecule has 27 heavy (non-hydrogen) atoms. The molecule has 2 aromatic heterocycles. The van der Waals surface area contributed by atoms with E-state index in [1.54, 1.807) is 0 Å². The molecule has 0 amide bonds. The topological polar surface area (TPSA) is 46.3 Å². The molecule has 5 rings (SSSR count). The lowest BCUT2D eigenvalue weighted by Crippen LogP contribution is -2.35. The highest BCUT2D eigenvalue weighted by Gasteiger charge is 2.22. The Bertz CT molecular complexity index is 1110. The number of hydrogen-bond donors (Lipinski definition) is 0. The molecule has 0 radical (unpaired) electrons. The summed E-state index contributed by atoms with van der Waals surface area (Å²) in [6.45, 7) is 6.52. The molecule has 1 aliphatic rings. The van der Waals surface area contributed by atoms with Crippen LogP contribution in [0.1, 0.15) is 25.3 Å². The van der Waals surface area contributed by atoms with Crippen LogP contribution in [0.25, 0.3) is 27.8 Å². The number of nitrogens with zero attached hydrogens (tertiary/aromatic N) is 5. The van der Waals surface area contributed by atoms with Gasteiger partial charge in [0.1, 0.15) is 11.5 Å². The van der Waals surface area contributed by atoms with Crippen LogP contribution in [0.3, 0.4) is 0 Å². The smallest absolute Gasteiger partial charge is 0.186 e. The van der Waals surface area contributed by atoms with Gasteiger partial charge in [-0.3, -0.25) is 0 Å². The summed E-state index contributed by atoms with van der Waals surface area (Å²) in [5, 5.41) is 10.0. The molecule has 1 fully saturated rings. The average Bonchev–Trinajstić information content (AvgIpc) is 3.12. The van der Waals surface area contributed by atoms with Crippen LogP contribution in [0.4, 0.5) is 5.82 Å². The van der Waals surface area contributed by atoms with E-state index in [4.69, 9.17) is 4.98 Å². The number of anilines is 1. The maximum atomic E-state index is 5.08. The Labute approximate surface area is 158 Å². The van der Waals surface area contributed by atoms with E-state index < -0.39 is 0 Å². The van der Waals surface area contributed by atoms with E-state index in [-0.39, 0.29) is 0 Å². The summed E-state index contributed by atoms with van der Waals surface area (Å²) in [6.07, 6.45) is 2.50. The highest BCUT2D eigenvalue weighted by Crippen LogP contribution is 2.32. The van der Waals surface area contributed by atoms with E-state index in [1.165, 1.54) is 18.4 Å². The van der Waals surface area contributed by atoms with Gasteiger partial charge in [-0.1, -0.05) is 54.1 Å². The summed E-state index contributed by atoms with van der Waals surface area (Å²) in [6, 6.07) is 16.8. The van der Waals surface area contributed by atoms with Gasteiger partial charge in [0.05, 0.1) is 5.52 Å². The Balaban J connectivity index is 1.75. The molecular formula is C22H23N5. The van der Waals surface area contributed by atoms with Crippen LogP contribution < -0.4 is 4.90 Å². The van der Waals surface area contributed by atoms with Crippen molar-refractivity contribution in [3.63, 3.8) is 0 Å². The zero-order valence-corrected chi connectivity index (χ0v) is 15.8. The lowest BCUT2D eigenvalue weighted by atomic mass is 10.00. The Morgan fingerprint density at radius 2 is 1.85 bits per heavy atom. The lowest BCUT2D eigenvalue weighted by Gasteiger charge is -2.32. The number of benzene rings is 2. The standard InChI is InChI=1S/C22H23N5/c1-15-9-11-17(12-10-15)20-22-23-21(26-13-5-6-16(2)14-26)18-7-3-4-8-19(18)27(22)25-24-20/h3-4,7-12,16H,5-6,13-14H2,1-2H3/t16-/m0/s1. The van der Waals surface area contributed by atoms with E-state index in [9.17, 15) is 0 Å². The number of hydrogen-bond acceptors (Lipinski definition) is 4. The third kappa shape index (κ3) is 2.74. The Morgan fingerprint density at radius 3 is 2.67 bits per heavy atom. The minimum atomic E-state index is 0.690. The van der Waals surface area contributed by atoms with Gasteiger partial charge in [0.25, 0.3) is 0 Å². The first-order valence-electron chi connectivity index (χ1n) is 9.67. The lowest BCUT2D eigenvalue weighted by molar-refractivity contribution is 0.445. The summed E-state index contributed by atoms with van der Waals surface area (Å²) in [5.74, 6) is 1.75. The molecule has 1 saturated heterocycles. The molecule has 2 aromatic carbocycles. The number of piperidine rings is 1. The fraction of sp³-hybridized carbons (Fsp3) is 0.318. The second kappa shape index (κ2) is 6.34. The summed E-state index contributed by atoms with van der Waals surface area (Å²) in [7, 11) is 0. The maximum absolute atomic E-state index is 5.08. The second-order valence-electron chi connectivity index (χ2n) is 7.69. The summed E-state index contributed by atoms with van der Waals surface area (Å²) < 4.78 is 1.88. The molecule has 0 spiro atoms. The first-order valence-corrected chi connectivity index (χ1v) is 9.67. The molecule has 0 saturated carbocycles. The molecule has 5 heteroatoms. The highest BCUT2D eigenvalue weighted by molar-refractivity contribution is 5.93. The fourth-order valence-corrected chi connectivity index (χ4v) is 4.07. The molecule has 1 aliphatic heterocycles. The van der Waals surface area contributed by atoms with Crippen molar-refractivity contribution in [3.05, 3.63) is 54.1 Å². The third-order valence-corrected chi connectivity index (χ3v) is 5.51. The Kier molecular flexibility index (Phi) is 3.81. The van der Waals surface area contributed by atoms with Gasteiger partial charge in [-0.25, -0.2) is 4.98 Å². The monoisotopic (exact) mass is 357 g/mol. The number of aryl methyl sites for hydroxylation is 1. The van der Waals surface area contributed by atoms with Crippen LogP contribution in [0.2, 0.25) is 0 Å². The summed E-state index contributed by atoms with van der Waals surface area (Å²) >= 11 is 0. The van der Waals surface area contributed by atoms with Crippen LogP contribution in [0, 0.1) is 12.8 Å². The largest absolute Gasteiger partial charge is 0.356 e. The molecule has 1 atom stereocenters. The molecule has 136 valence electrons. The van der Waals surface area contributed by atoms with Crippen molar-refractivity contribution in [3.8, 4) is 11.3 Å². The summed E-state index contributed by atoms with van der Waals surface area (Å²) in [5.41, 5.74) is 5.01. The van der Waals surface area contributed by atoms with Gasteiger partial charge in [-0.15, -0.1) is 5.10 Å². The molecule has 0 N–H and O–H groups in total. The minimum Gasteiger partial charge on any atom is -0.356 e. The minimum absolute atomic E-state index is 0.690. The van der Waals surface area contributed by atoms with Crippen LogP contribution in [-0.2, 0) is 0 Å². The fourth-order valence-electron chi connectivity index (χ4n) is 4.07. The normalized spacial score (nSPS) is 17.7. The Hall–Kier alpha value is -2.95. The van der Waals surface area contributed by atoms with Gasteiger partial charge in [0.15, 0.2) is 5.65 Å². The zero-order valence-electron chi connectivity index (χ0n) is 15.8. The van der Waals surface area contributed by atoms with Crippen LogP contribution in [0.5, 0.6) is 0 Å². The quantitative estimate of drug-likeness (QED) is 0.530. The van der Waals surface area contributed by atoms with Crippen molar-refractivity contribution >= 4 is 22.4 Å². The average molecular weight is 357 g/mol. The van der Waals surface area contributed by atoms with Crippen molar-refractivity contribution in [1.82, 2.24) is 19.8 Å². The third-order valence-electron chi connectivity index (χ3n) is 5.51. The van der Waals surface area contributed by atoms with Crippen molar-refractivity contribution in [2.24, 2.45) is 5.92 Å². The van der Waals surface area contributed by atoms with E-state index >= 15 is 0 Å². The molecule has 5 nitrogen and oxygen atoms in total. The molecule has 0 bridgehead atoms. The Morgan fingerprint density at radius 1 is 1.04 bits per heavy atom. The predicted octanol–water partition coefficient (Wildman–Crippen LogP) is 4.49. The summed E-state index contributed by atoms with van der Waals surface area (Å²) in [4.78, 5) is 7.52. The van der Waals surface area contributed by atoms with Crippen molar-refractivity contribution in [2.45, 2.75) is 26.7 Å². The van der Waals surface area contributed by atoms with Gasteiger partial charge in [-0.2, -0.15) is 4.52 Å². The van der Waals surface area contributed by atoms with Crippen LogP contribution in [-0.4, -0.2) is 32.9 Å². The van der Waals surface area contributed by atoms with E-state index in [0.717, 1.165) is 46.7 Å². The van der Waals surface area contributed by atoms with Gasteiger partial charge >= 0.3 is 0 Å². The van der Waals surface area contributed by atoms with Crippen LogP contribution >= 0.6 is 0 Å². The van der Waals surface area contributed by atoms with Gasteiger partial charge in [-0.05, 0) is 37.8 Å². The first-order chi connectivity index (χ1) is 13.2. The van der Waals surface area contributed by atoms with Crippen molar-refractivity contribution < 1.29 is 0 Å². The molecule has 3 heterocycles. The maximum Gasteiger partial charge on any atom is 0.186 e. The van der Waals surface area contributed by atoms with Crippen LogP contribution in [0.15, 0.2) is 48.5 Å². The van der Waals surface area contributed by atoms with E-state index in [0.29, 0.717) is 5.92 Å². The van der Waals surface area contributed by atoms with Gasteiger partial charge in [0, 0.05) is 24.0 Å². The van der Waals surface area contributed by atoms with Gasteiger partial charge < -0.3 is 4.90 Å². The number of aromatic nitrogens is 4. The molecule has 0 aliphatic carbocycles.